The van der Waals surface area contributed by atoms with Gasteiger partial charge >= 0.3 is 12.1 Å². The molecule has 0 atom stereocenters. The van der Waals surface area contributed by atoms with E-state index in [1.54, 1.807) is 11.0 Å². The fourth-order valence-electron chi connectivity index (χ4n) is 3.09. The summed E-state index contributed by atoms with van der Waals surface area (Å²) in [6.07, 6.45) is -0.507. The molecule has 0 unspecified atom stereocenters. The minimum atomic E-state index is -0.518. The molecule has 0 radical (unpaired) electrons. The number of amides is 1. The molecule has 1 amide bonds. The van der Waals surface area contributed by atoms with Gasteiger partial charge in [0.1, 0.15) is 11.7 Å². The van der Waals surface area contributed by atoms with Crippen LogP contribution >= 0.6 is 11.6 Å². The van der Waals surface area contributed by atoms with Gasteiger partial charge in [0, 0.05) is 16.0 Å². The largest absolute Gasteiger partial charge is 0.456 e. The lowest BCUT2D eigenvalue weighted by Gasteiger charge is -2.38. The highest BCUT2D eigenvalue weighted by Gasteiger charge is 2.35. The first-order valence-electron chi connectivity index (χ1n) is 9.46. The molecular weight excluding hydrogens is 390 g/mol. The second-order valence-electron chi connectivity index (χ2n) is 8.01. The number of likely N-dealkylation sites (tertiary alicyclic amines) is 1. The molecule has 3 aromatic rings. The molecule has 29 heavy (non-hydrogen) atoms. The molecular formula is C22H22ClN3O3. The number of fused-ring (bicyclic) bond motifs is 1. The van der Waals surface area contributed by atoms with Gasteiger partial charge in [0.15, 0.2) is 0 Å². The lowest BCUT2D eigenvalue weighted by Crippen LogP contribution is -2.57. The molecule has 1 aliphatic rings. The van der Waals surface area contributed by atoms with Crippen molar-refractivity contribution in [2.45, 2.75) is 32.5 Å². The zero-order valence-corrected chi connectivity index (χ0v) is 17.3. The van der Waals surface area contributed by atoms with Crippen molar-refractivity contribution in [2.24, 2.45) is 0 Å². The van der Waals surface area contributed by atoms with Gasteiger partial charge in [-0.25, -0.2) is 4.79 Å². The Bertz CT molecular complexity index is 1040. The third-order valence-corrected chi connectivity index (χ3v) is 4.69. The van der Waals surface area contributed by atoms with Crippen LogP contribution in [0, 0.1) is 0 Å². The van der Waals surface area contributed by atoms with Gasteiger partial charge in [-0.05, 0) is 39.0 Å². The minimum Gasteiger partial charge on any atom is -0.456 e. The fraction of sp³-hybridized carbons (Fsp3) is 0.318. The first-order chi connectivity index (χ1) is 13.8. The van der Waals surface area contributed by atoms with E-state index in [0.717, 1.165) is 22.2 Å². The highest BCUT2D eigenvalue weighted by molar-refractivity contribution is 6.31. The van der Waals surface area contributed by atoms with Gasteiger partial charge in [0.05, 0.1) is 24.3 Å². The molecule has 2 heterocycles. The van der Waals surface area contributed by atoms with Gasteiger partial charge < -0.3 is 14.4 Å². The summed E-state index contributed by atoms with van der Waals surface area (Å²) < 4.78 is 11.3. The average molecular weight is 412 g/mol. The van der Waals surface area contributed by atoms with Crippen LogP contribution in [0.15, 0.2) is 48.5 Å². The van der Waals surface area contributed by atoms with Crippen LogP contribution in [0.4, 0.5) is 4.79 Å². The monoisotopic (exact) mass is 411 g/mol. The Hall–Kier alpha value is -2.86. The van der Waals surface area contributed by atoms with E-state index in [1.807, 2.05) is 63.2 Å². The van der Waals surface area contributed by atoms with E-state index < -0.39 is 5.60 Å². The van der Waals surface area contributed by atoms with Crippen LogP contribution < -0.4 is 4.74 Å². The first-order valence-corrected chi connectivity index (χ1v) is 9.83. The maximum absolute atomic E-state index is 12.1. The molecule has 0 aliphatic carbocycles. The van der Waals surface area contributed by atoms with E-state index in [0.29, 0.717) is 18.1 Å². The number of aromatic nitrogens is 2. The van der Waals surface area contributed by atoms with Crippen molar-refractivity contribution in [2.75, 3.05) is 13.1 Å². The zero-order valence-electron chi connectivity index (χ0n) is 16.6. The zero-order chi connectivity index (χ0) is 20.6. The Kier molecular flexibility index (Phi) is 5.04. The van der Waals surface area contributed by atoms with Gasteiger partial charge in [-0.3, -0.25) is 0 Å². The third kappa shape index (κ3) is 4.43. The van der Waals surface area contributed by atoms with E-state index in [4.69, 9.17) is 21.1 Å². The molecule has 1 aromatic heterocycles. The number of ether oxygens (including phenoxy) is 2. The van der Waals surface area contributed by atoms with Crippen LogP contribution in [-0.2, 0) is 4.74 Å². The van der Waals surface area contributed by atoms with Gasteiger partial charge in [0.2, 0.25) is 0 Å². The van der Waals surface area contributed by atoms with E-state index in [9.17, 15) is 4.79 Å². The van der Waals surface area contributed by atoms with E-state index >= 15 is 0 Å². The lowest BCUT2D eigenvalue weighted by molar-refractivity contribution is -0.0243. The molecule has 1 saturated heterocycles. The number of rotatable bonds is 3. The summed E-state index contributed by atoms with van der Waals surface area (Å²) in [4.78, 5) is 22.9. The predicted molar refractivity (Wildman–Crippen MR) is 112 cm³/mol. The number of hydrogen-bond acceptors (Lipinski definition) is 5. The average Bonchev–Trinajstić information content (AvgIpc) is 2.63. The van der Waals surface area contributed by atoms with Crippen molar-refractivity contribution in [1.82, 2.24) is 14.9 Å². The van der Waals surface area contributed by atoms with Crippen LogP contribution in [0.25, 0.3) is 22.2 Å². The number of benzene rings is 2. The van der Waals surface area contributed by atoms with Crippen LogP contribution in [0.1, 0.15) is 20.8 Å². The molecule has 4 rings (SSSR count). The summed E-state index contributed by atoms with van der Waals surface area (Å²) in [5, 5.41) is 1.49. The summed E-state index contributed by atoms with van der Waals surface area (Å²) in [5.41, 5.74) is 1.95. The van der Waals surface area contributed by atoms with Gasteiger partial charge in [-0.2, -0.15) is 9.97 Å². The normalized spacial score (nSPS) is 14.6. The number of hydrogen-bond donors (Lipinski definition) is 0. The summed E-state index contributed by atoms with van der Waals surface area (Å²) in [6, 6.07) is 15.6. The molecule has 6 nitrogen and oxygen atoms in total. The second-order valence-corrected chi connectivity index (χ2v) is 8.44. The SMILES string of the molecule is CC(C)(C)OC(=O)N1CC(Oc2nc(-c3ccccc3)c3cc(Cl)ccc3n2)C1. The maximum Gasteiger partial charge on any atom is 0.410 e. The van der Waals surface area contributed by atoms with Crippen LogP contribution in [0.5, 0.6) is 6.01 Å². The Labute approximate surface area is 174 Å². The summed E-state index contributed by atoms with van der Waals surface area (Å²) in [5.74, 6) is 0. The Morgan fingerprint density at radius 1 is 1.10 bits per heavy atom. The first kappa shape index (κ1) is 19.5. The smallest absolute Gasteiger partial charge is 0.410 e. The molecule has 1 aliphatic heterocycles. The predicted octanol–water partition coefficient (Wildman–Crippen LogP) is 4.95. The standard InChI is InChI=1S/C22H22ClN3O3/c1-22(2,3)29-21(27)26-12-16(13-26)28-20-24-18-10-9-15(23)11-17(18)19(25-20)14-7-5-4-6-8-14/h4-11,16H,12-13H2,1-3H3. The number of carbonyl (C=O) groups is 1. The van der Waals surface area contributed by atoms with Crippen molar-refractivity contribution >= 4 is 28.6 Å². The van der Waals surface area contributed by atoms with Crippen molar-refractivity contribution < 1.29 is 14.3 Å². The summed E-state index contributed by atoms with van der Waals surface area (Å²) >= 11 is 6.19. The molecule has 150 valence electrons. The van der Waals surface area contributed by atoms with Gasteiger partial charge in [-0.15, -0.1) is 0 Å². The topological polar surface area (TPSA) is 64.5 Å². The van der Waals surface area contributed by atoms with E-state index in [1.165, 1.54) is 0 Å². The molecule has 1 fully saturated rings. The molecule has 0 saturated carbocycles. The Morgan fingerprint density at radius 3 is 2.52 bits per heavy atom. The summed E-state index contributed by atoms with van der Waals surface area (Å²) in [6.45, 7) is 6.42. The van der Waals surface area contributed by atoms with E-state index in [-0.39, 0.29) is 18.2 Å². The Balaban J connectivity index is 1.55. The highest BCUT2D eigenvalue weighted by Crippen LogP contribution is 2.30. The molecule has 0 bridgehead atoms. The van der Waals surface area contributed by atoms with Gasteiger partial charge in [-0.1, -0.05) is 41.9 Å². The van der Waals surface area contributed by atoms with Gasteiger partial charge in [0.25, 0.3) is 0 Å². The minimum absolute atomic E-state index is 0.170. The number of halogens is 1. The van der Waals surface area contributed by atoms with Crippen molar-refractivity contribution in [1.29, 1.82) is 0 Å². The fourth-order valence-corrected chi connectivity index (χ4v) is 3.26. The molecule has 0 N–H and O–H groups in total. The molecule has 7 heteroatoms. The maximum atomic E-state index is 12.1. The van der Waals surface area contributed by atoms with Crippen molar-refractivity contribution in [3.63, 3.8) is 0 Å². The second kappa shape index (κ2) is 7.52. The number of carbonyl (C=O) groups excluding carboxylic acids is 1. The number of nitrogens with zero attached hydrogens (tertiary/aromatic N) is 3. The highest BCUT2D eigenvalue weighted by atomic mass is 35.5. The van der Waals surface area contributed by atoms with Crippen molar-refractivity contribution in [3.05, 3.63) is 53.6 Å². The van der Waals surface area contributed by atoms with Crippen LogP contribution in [0.3, 0.4) is 0 Å². The van der Waals surface area contributed by atoms with Crippen LogP contribution in [-0.4, -0.2) is 45.8 Å². The summed E-state index contributed by atoms with van der Waals surface area (Å²) in [7, 11) is 0. The lowest BCUT2D eigenvalue weighted by atomic mass is 10.1. The van der Waals surface area contributed by atoms with Crippen molar-refractivity contribution in [3.8, 4) is 17.3 Å². The molecule has 0 spiro atoms. The van der Waals surface area contributed by atoms with E-state index in [2.05, 4.69) is 9.97 Å². The third-order valence-electron chi connectivity index (χ3n) is 4.46. The molecule has 2 aromatic carbocycles. The Morgan fingerprint density at radius 2 is 1.83 bits per heavy atom. The van der Waals surface area contributed by atoms with Crippen LogP contribution in [0.2, 0.25) is 5.02 Å². The quantitative estimate of drug-likeness (QED) is 0.610.